The molecule has 4 fully saturated rings. The second-order valence-electron chi connectivity index (χ2n) is 9.27. The highest BCUT2D eigenvalue weighted by Gasteiger charge is 2.78. The lowest BCUT2D eigenvalue weighted by molar-refractivity contribution is -0.182. The van der Waals surface area contributed by atoms with Crippen LogP contribution in [0.1, 0.15) is 45.4 Å². The van der Waals surface area contributed by atoms with E-state index >= 15 is 0 Å². The van der Waals surface area contributed by atoms with E-state index in [1.54, 1.807) is 0 Å². The van der Waals surface area contributed by atoms with Crippen LogP contribution in [0.5, 0.6) is 0 Å². The van der Waals surface area contributed by atoms with Crippen LogP contribution in [-0.2, 0) is 14.4 Å². The van der Waals surface area contributed by atoms with Crippen LogP contribution in [0.15, 0.2) is 12.2 Å². The van der Waals surface area contributed by atoms with Crippen molar-refractivity contribution in [3.8, 4) is 0 Å². The van der Waals surface area contributed by atoms with E-state index in [-0.39, 0.29) is 18.3 Å². The van der Waals surface area contributed by atoms with E-state index in [4.69, 9.17) is 0 Å². The summed E-state index contributed by atoms with van der Waals surface area (Å²) in [7, 11) is 0. The van der Waals surface area contributed by atoms with Gasteiger partial charge in [0.1, 0.15) is 6.29 Å². The first-order valence-electron chi connectivity index (χ1n) is 9.43. The Morgan fingerprint density at radius 2 is 1.92 bits per heavy atom. The maximum Gasteiger partial charge on any atom is 0.312 e. The molecule has 8 unspecified atom stereocenters. The minimum Gasteiger partial charge on any atom is -0.481 e. The lowest BCUT2D eigenvalue weighted by Gasteiger charge is -2.51. The van der Waals surface area contributed by atoms with Gasteiger partial charge in [-0.25, -0.2) is 0 Å². The monoisotopic (exact) mass is 362 g/mol. The number of fused-ring (bicyclic) bond motifs is 3. The van der Waals surface area contributed by atoms with E-state index in [1.165, 1.54) is 6.92 Å². The van der Waals surface area contributed by atoms with Crippen LogP contribution in [0.2, 0.25) is 0 Å². The Morgan fingerprint density at radius 1 is 1.23 bits per heavy atom. The molecule has 1 spiro atoms. The second-order valence-corrected chi connectivity index (χ2v) is 9.27. The summed E-state index contributed by atoms with van der Waals surface area (Å²) < 4.78 is 0. The quantitative estimate of drug-likeness (QED) is 0.524. The number of allylic oxidation sites excluding steroid dienone is 1. The van der Waals surface area contributed by atoms with Crippen LogP contribution in [-0.4, -0.2) is 39.6 Å². The van der Waals surface area contributed by atoms with Gasteiger partial charge in [0.05, 0.1) is 17.4 Å². The van der Waals surface area contributed by atoms with Crippen LogP contribution in [0.25, 0.3) is 0 Å². The molecule has 8 atom stereocenters. The number of hydrogen-bond donors (Lipinski definition) is 3. The first-order valence-corrected chi connectivity index (χ1v) is 9.43. The highest BCUT2D eigenvalue weighted by atomic mass is 16.4. The molecule has 3 N–H and O–H groups in total. The predicted octanol–water partition coefficient (Wildman–Crippen LogP) is 2.11. The number of aldehydes is 1. The molecule has 0 aromatic carbocycles. The van der Waals surface area contributed by atoms with Crippen LogP contribution in [0.4, 0.5) is 0 Å². The van der Waals surface area contributed by atoms with Crippen LogP contribution in [0, 0.1) is 39.9 Å². The Bertz CT molecular complexity index is 715. The Kier molecular flexibility index (Phi) is 3.53. The van der Waals surface area contributed by atoms with E-state index in [1.807, 2.05) is 0 Å². The van der Waals surface area contributed by atoms with Gasteiger partial charge in [-0.1, -0.05) is 12.2 Å². The number of carboxylic acid groups (broad SMARTS) is 2. The molecule has 4 aliphatic carbocycles. The zero-order valence-corrected chi connectivity index (χ0v) is 15.0. The maximum absolute atomic E-state index is 12.5. The van der Waals surface area contributed by atoms with Crippen LogP contribution >= 0.6 is 0 Å². The van der Waals surface area contributed by atoms with Crippen molar-refractivity contribution in [2.75, 3.05) is 0 Å². The van der Waals surface area contributed by atoms with Crippen molar-refractivity contribution in [3.05, 3.63) is 12.2 Å². The first kappa shape index (κ1) is 17.7. The van der Waals surface area contributed by atoms with Crippen molar-refractivity contribution in [3.63, 3.8) is 0 Å². The molecule has 6 heteroatoms. The number of aliphatic carboxylic acids is 2. The summed E-state index contributed by atoms with van der Waals surface area (Å²) in [5.41, 5.74) is -2.22. The van der Waals surface area contributed by atoms with E-state index < -0.39 is 46.1 Å². The third-order valence-electron chi connectivity index (χ3n) is 8.57. The zero-order chi connectivity index (χ0) is 19.1. The van der Waals surface area contributed by atoms with E-state index in [0.29, 0.717) is 19.3 Å². The Balaban J connectivity index is 1.99. The summed E-state index contributed by atoms with van der Waals surface area (Å²) in [6.45, 7) is 5.59. The largest absolute Gasteiger partial charge is 0.481 e. The number of rotatable bonds is 3. The van der Waals surface area contributed by atoms with Gasteiger partial charge in [-0.05, 0) is 62.7 Å². The maximum atomic E-state index is 12.5. The molecule has 0 aliphatic heterocycles. The molecule has 0 heterocycles. The van der Waals surface area contributed by atoms with Crippen molar-refractivity contribution in [1.82, 2.24) is 0 Å². The van der Waals surface area contributed by atoms with Gasteiger partial charge >= 0.3 is 11.9 Å². The lowest BCUT2D eigenvalue weighted by atomic mass is 9.52. The van der Waals surface area contributed by atoms with Gasteiger partial charge in [0, 0.05) is 11.3 Å². The SMILES string of the molecule is C=C1CC23CC1CCC2C1(C=O)CCC(O)C(C)(C(=O)O)C1C3C(=O)O. The van der Waals surface area contributed by atoms with Crippen molar-refractivity contribution in [1.29, 1.82) is 0 Å². The fourth-order valence-electron chi connectivity index (χ4n) is 7.59. The Labute approximate surface area is 152 Å². The van der Waals surface area contributed by atoms with Gasteiger partial charge < -0.3 is 20.1 Å². The molecule has 0 radical (unpaired) electrons. The number of aliphatic hydroxyl groups excluding tert-OH is 1. The average molecular weight is 362 g/mol. The van der Waals surface area contributed by atoms with Crippen molar-refractivity contribution >= 4 is 18.2 Å². The molecular weight excluding hydrogens is 336 g/mol. The van der Waals surface area contributed by atoms with Gasteiger partial charge in [0.25, 0.3) is 0 Å². The molecule has 4 aliphatic rings. The summed E-state index contributed by atoms with van der Waals surface area (Å²) in [4.78, 5) is 37.2. The number of carbonyl (C=O) groups is 3. The van der Waals surface area contributed by atoms with Gasteiger partial charge in [-0.3, -0.25) is 9.59 Å². The molecule has 0 aromatic rings. The molecule has 6 nitrogen and oxygen atoms in total. The molecule has 142 valence electrons. The zero-order valence-electron chi connectivity index (χ0n) is 15.0. The third kappa shape index (κ3) is 1.74. The summed E-state index contributed by atoms with van der Waals surface area (Å²) >= 11 is 0. The lowest BCUT2D eigenvalue weighted by Crippen LogP contribution is -2.58. The predicted molar refractivity (Wildman–Crippen MR) is 91.1 cm³/mol. The first-order chi connectivity index (χ1) is 12.1. The molecule has 0 saturated heterocycles. The van der Waals surface area contributed by atoms with Gasteiger partial charge in [0.2, 0.25) is 0 Å². The van der Waals surface area contributed by atoms with Gasteiger partial charge in [0.15, 0.2) is 0 Å². The summed E-state index contributed by atoms with van der Waals surface area (Å²) in [6.07, 6.45) is 3.10. The van der Waals surface area contributed by atoms with E-state index in [0.717, 1.165) is 24.7 Å². The van der Waals surface area contributed by atoms with Gasteiger partial charge in [-0.15, -0.1) is 0 Å². The summed E-state index contributed by atoms with van der Waals surface area (Å²) in [5.74, 6) is -3.99. The number of carbonyl (C=O) groups excluding carboxylic acids is 1. The fourth-order valence-corrected chi connectivity index (χ4v) is 7.59. The number of hydrogen-bond acceptors (Lipinski definition) is 4. The third-order valence-corrected chi connectivity index (χ3v) is 8.57. The standard InChI is InChI=1S/C20H26O6/c1-10-7-20-8-11(10)3-4-12(20)19(9-21)6-5-13(22)18(2,17(25)26)15(19)14(20)16(23)24/h9,11-15,22H,1,3-8H2,2H3,(H,23,24)(H,25,26). The highest BCUT2D eigenvalue weighted by Crippen LogP contribution is 2.77. The summed E-state index contributed by atoms with van der Waals surface area (Å²) in [6, 6.07) is 0. The minimum atomic E-state index is -1.65. The smallest absolute Gasteiger partial charge is 0.312 e. The van der Waals surface area contributed by atoms with E-state index in [2.05, 4.69) is 6.58 Å². The molecule has 2 bridgehead atoms. The molecule has 0 amide bonds. The van der Waals surface area contributed by atoms with Crippen LogP contribution in [0.3, 0.4) is 0 Å². The molecular formula is C20H26O6. The Hall–Kier alpha value is -1.69. The van der Waals surface area contributed by atoms with E-state index in [9.17, 15) is 29.7 Å². The van der Waals surface area contributed by atoms with Gasteiger partial charge in [-0.2, -0.15) is 0 Å². The number of aliphatic hydroxyl groups is 1. The van der Waals surface area contributed by atoms with Crippen LogP contribution < -0.4 is 0 Å². The Morgan fingerprint density at radius 3 is 2.50 bits per heavy atom. The normalized spacial score (nSPS) is 52.2. The second kappa shape index (κ2) is 5.18. The summed E-state index contributed by atoms with van der Waals surface area (Å²) in [5, 5.41) is 30.8. The average Bonchev–Trinajstić information content (AvgIpc) is 2.99. The topological polar surface area (TPSA) is 112 Å². The molecule has 0 aromatic heterocycles. The highest BCUT2D eigenvalue weighted by molar-refractivity contribution is 5.83. The molecule has 4 rings (SSSR count). The fraction of sp³-hybridized carbons (Fsp3) is 0.750. The van der Waals surface area contributed by atoms with Crippen molar-refractivity contribution in [2.24, 2.45) is 39.9 Å². The van der Waals surface area contributed by atoms with Crippen molar-refractivity contribution in [2.45, 2.75) is 51.6 Å². The number of carboxylic acids is 2. The van der Waals surface area contributed by atoms with Crippen molar-refractivity contribution < 1.29 is 29.7 Å². The molecule has 26 heavy (non-hydrogen) atoms. The molecule has 4 saturated carbocycles. The minimum absolute atomic E-state index is 0.153.